The van der Waals surface area contributed by atoms with Gasteiger partial charge in [-0.05, 0) is 35.3 Å². The first kappa shape index (κ1) is 19.1. The highest BCUT2D eigenvalue weighted by atomic mass is 16.3. The molecule has 0 unspecified atom stereocenters. The van der Waals surface area contributed by atoms with Gasteiger partial charge in [0.1, 0.15) is 18.2 Å². The molecule has 0 atom stereocenters. The summed E-state index contributed by atoms with van der Waals surface area (Å²) >= 11 is 0. The SMILES string of the molecule is Cc1ccc2c(oc3c(C4=CC(C)(C)c5ccccc54)cccc32)c1-c1cccc[n+]1C. The Morgan fingerprint density at radius 3 is 2.34 bits per heavy atom. The van der Waals surface area contributed by atoms with E-state index >= 15 is 0 Å². The Balaban J connectivity index is 1.68. The van der Waals surface area contributed by atoms with Gasteiger partial charge in [-0.1, -0.05) is 74.5 Å². The minimum atomic E-state index is -0.000351. The number of nitrogens with zero attached hydrogens (tertiary/aromatic N) is 1. The zero-order valence-electron chi connectivity index (χ0n) is 18.9. The second-order valence-electron chi connectivity index (χ2n) is 9.44. The summed E-state index contributed by atoms with van der Waals surface area (Å²) in [5, 5.41) is 2.33. The number of aromatic nitrogens is 1. The predicted molar refractivity (Wildman–Crippen MR) is 132 cm³/mol. The standard InChI is InChI=1S/C30H26NO/c1-19-15-16-23-21-11-9-12-22(24-18-30(2,3)25-13-6-5-10-20(24)25)28(21)32-29(23)27(19)26-14-7-8-17-31(26)4/h5-18H,1-4H3/q+1. The first-order chi connectivity index (χ1) is 15.5. The van der Waals surface area contributed by atoms with Crippen LogP contribution in [0.3, 0.4) is 0 Å². The van der Waals surface area contributed by atoms with Gasteiger partial charge < -0.3 is 4.42 Å². The maximum Gasteiger partial charge on any atom is 0.216 e. The third kappa shape index (κ3) is 2.62. The fraction of sp³-hybridized carbons (Fsp3) is 0.167. The Kier molecular flexibility index (Phi) is 3.98. The van der Waals surface area contributed by atoms with E-state index in [1.54, 1.807) is 0 Å². The Hall–Kier alpha value is -3.65. The van der Waals surface area contributed by atoms with Gasteiger partial charge in [-0.15, -0.1) is 0 Å². The van der Waals surface area contributed by atoms with E-state index in [1.807, 2.05) is 0 Å². The molecular weight excluding hydrogens is 390 g/mol. The van der Waals surface area contributed by atoms with E-state index in [-0.39, 0.29) is 5.41 Å². The lowest BCUT2D eigenvalue weighted by Crippen LogP contribution is -2.30. The van der Waals surface area contributed by atoms with Crippen LogP contribution in [0.5, 0.6) is 0 Å². The van der Waals surface area contributed by atoms with Gasteiger partial charge in [0.2, 0.25) is 5.69 Å². The average molecular weight is 417 g/mol. The fourth-order valence-electron chi connectivity index (χ4n) is 5.29. The van der Waals surface area contributed by atoms with Crippen LogP contribution in [0.2, 0.25) is 0 Å². The number of pyridine rings is 1. The van der Waals surface area contributed by atoms with Crippen molar-refractivity contribution in [1.29, 1.82) is 0 Å². The summed E-state index contributed by atoms with van der Waals surface area (Å²) in [5.41, 5.74) is 10.6. The number of hydrogen-bond donors (Lipinski definition) is 0. The van der Waals surface area contributed by atoms with Crippen molar-refractivity contribution >= 4 is 27.5 Å². The average Bonchev–Trinajstić information content (AvgIpc) is 3.29. The van der Waals surface area contributed by atoms with Gasteiger partial charge >= 0.3 is 0 Å². The van der Waals surface area contributed by atoms with Crippen molar-refractivity contribution in [3.63, 3.8) is 0 Å². The van der Waals surface area contributed by atoms with Gasteiger partial charge in [0, 0.05) is 33.9 Å². The number of allylic oxidation sites excluding steroid dienone is 1. The number of hydrogen-bond acceptors (Lipinski definition) is 1. The van der Waals surface area contributed by atoms with Gasteiger partial charge in [-0.2, -0.15) is 0 Å². The maximum absolute atomic E-state index is 6.75. The maximum atomic E-state index is 6.75. The molecule has 0 bridgehead atoms. The zero-order valence-corrected chi connectivity index (χ0v) is 18.9. The molecule has 0 aliphatic heterocycles. The summed E-state index contributed by atoms with van der Waals surface area (Å²) < 4.78 is 8.91. The quantitative estimate of drug-likeness (QED) is 0.280. The molecule has 1 aliphatic carbocycles. The predicted octanol–water partition coefficient (Wildman–Crippen LogP) is 7.11. The highest BCUT2D eigenvalue weighted by molar-refractivity contribution is 6.13. The van der Waals surface area contributed by atoms with Crippen LogP contribution < -0.4 is 4.57 Å². The minimum absolute atomic E-state index is 0.000351. The van der Waals surface area contributed by atoms with E-state index in [0.29, 0.717) is 0 Å². The summed E-state index contributed by atoms with van der Waals surface area (Å²) in [6.07, 6.45) is 4.48. The van der Waals surface area contributed by atoms with Crippen LogP contribution in [-0.2, 0) is 12.5 Å². The molecule has 0 saturated heterocycles. The molecule has 0 saturated carbocycles. The second-order valence-corrected chi connectivity index (χ2v) is 9.44. The molecule has 0 spiro atoms. The smallest absolute Gasteiger partial charge is 0.216 e. The van der Waals surface area contributed by atoms with E-state index < -0.39 is 0 Å². The molecule has 3 aromatic carbocycles. The largest absolute Gasteiger partial charge is 0.454 e. The van der Waals surface area contributed by atoms with E-state index in [2.05, 4.69) is 117 Å². The van der Waals surface area contributed by atoms with Crippen LogP contribution >= 0.6 is 0 Å². The third-order valence-corrected chi connectivity index (χ3v) is 6.89. The van der Waals surface area contributed by atoms with Crippen LogP contribution in [0.4, 0.5) is 0 Å². The molecule has 2 heteroatoms. The van der Waals surface area contributed by atoms with Gasteiger partial charge in [0.05, 0.1) is 5.56 Å². The normalized spacial score (nSPS) is 14.7. The van der Waals surface area contributed by atoms with Crippen molar-refractivity contribution in [1.82, 2.24) is 0 Å². The molecule has 0 fully saturated rings. The first-order valence-corrected chi connectivity index (χ1v) is 11.2. The van der Waals surface area contributed by atoms with E-state index in [4.69, 9.17) is 4.42 Å². The Morgan fingerprint density at radius 2 is 1.50 bits per heavy atom. The molecule has 0 radical (unpaired) electrons. The van der Waals surface area contributed by atoms with Crippen LogP contribution in [0.1, 0.15) is 36.1 Å². The fourth-order valence-corrected chi connectivity index (χ4v) is 5.29. The Labute approximate surface area is 188 Å². The number of aryl methyl sites for hydroxylation is 2. The number of furan rings is 1. The third-order valence-electron chi connectivity index (χ3n) is 6.89. The molecule has 32 heavy (non-hydrogen) atoms. The van der Waals surface area contributed by atoms with Crippen molar-refractivity contribution in [2.45, 2.75) is 26.2 Å². The van der Waals surface area contributed by atoms with E-state index in [0.717, 1.165) is 33.4 Å². The van der Waals surface area contributed by atoms with Crippen molar-refractivity contribution in [2.75, 3.05) is 0 Å². The molecule has 0 amide bonds. The van der Waals surface area contributed by atoms with Crippen LogP contribution in [0.25, 0.3) is 38.8 Å². The Bertz CT molecular complexity index is 1570. The molecule has 6 rings (SSSR count). The van der Waals surface area contributed by atoms with Crippen LogP contribution in [0.15, 0.2) is 89.5 Å². The molecular formula is C30H26NO+. The minimum Gasteiger partial charge on any atom is -0.454 e. The second kappa shape index (κ2) is 6.67. The number of para-hydroxylation sites is 1. The van der Waals surface area contributed by atoms with Crippen molar-refractivity contribution in [3.05, 3.63) is 107 Å². The van der Waals surface area contributed by atoms with Crippen LogP contribution in [-0.4, -0.2) is 0 Å². The lowest BCUT2D eigenvalue weighted by atomic mass is 9.87. The van der Waals surface area contributed by atoms with E-state index in [9.17, 15) is 0 Å². The van der Waals surface area contributed by atoms with Gasteiger partial charge in [0.15, 0.2) is 6.20 Å². The molecule has 2 heterocycles. The summed E-state index contributed by atoms with van der Waals surface area (Å²) in [6.45, 7) is 6.73. The van der Waals surface area contributed by atoms with Gasteiger partial charge in [-0.25, -0.2) is 4.57 Å². The molecule has 2 nitrogen and oxygen atoms in total. The van der Waals surface area contributed by atoms with Crippen molar-refractivity contribution in [2.24, 2.45) is 7.05 Å². The van der Waals surface area contributed by atoms with Gasteiger partial charge in [0.25, 0.3) is 0 Å². The summed E-state index contributed by atoms with van der Waals surface area (Å²) in [5.74, 6) is 0. The van der Waals surface area contributed by atoms with Crippen molar-refractivity contribution in [3.8, 4) is 11.3 Å². The highest BCUT2D eigenvalue weighted by Gasteiger charge is 2.31. The van der Waals surface area contributed by atoms with Gasteiger partial charge in [-0.3, -0.25) is 0 Å². The molecule has 5 aromatic rings. The molecule has 2 aromatic heterocycles. The first-order valence-electron chi connectivity index (χ1n) is 11.2. The Morgan fingerprint density at radius 1 is 0.750 bits per heavy atom. The highest BCUT2D eigenvalue weighted by Crippen LogP contribution is 2.46. The molecule has 0 N–H and O–H groups in total. The monoisotopic (exact) mass is 416 g/mol. The number of benzene rings is 3. The van der Waals surface area contributed by atoms with Crippen molar-refractivity contribution < 1.29 is 8.98 Å². The van der Waals surface area contributed by atoms with Crippen LogP contribution in [0, 0.1) is 6.92 Å². The number of fused-ring (bicyclic) bond motifs is 4. The lowest BCUT2D eigenvalue weighted by molar-refractivity contribution is -0.660. The molecule has 156 valence electrons. The summed E-state index contributed by atoms with van der Waals surface area (Å²) in [7, 11) is 2.09. The lowest BCUT2D eigenvalue weighted by Gasteiger charge is -2.16. The number of rotatable bonds is 2. The summed E-state index contributed by atoms with van der Waals surface area (Å²) in [6, 6.07) is 26.0. The van der Waals surface area contributed by atoms with E-state index in [1.165, 1.54) is 27.6 Å². The molecule has 1 aliphatic rings. The zero-order chi connectivity index (χ0) is 22.0. The topological polar surface area (TPSA) is 17.0 Å². The summed E-state index contributed by atoms with van der Waals surface area (Å²) in [4.78, 5) is 0.